The standard InChI is InChI=1S/C21H15N3/c1-2-4-16(5-3-1)23-12-15-13-24-21-17(15)8-9-18-19(21)7-6-14-10-11-22-20(14)18/h1-13,22,24H. The predicted molar refractivity (Wildman–Crippen MR) is 101 cm³/mol. The van der Waals surface area contributed by atoms with Crippen LogP contribution in [0.15, 0.2) is 78.0 Å². The molecule has 0 saturated carbocycles. The number of aromatic amines is 2. The van der Waals surface area contributed by atoms with E-state index < -0.39 is 0 Å². The summed E-state index contributed by atoms with van der Waals surface area (Å²) in [6.45, 7) is 0. The zero-order chi connectivity index (χ0) is 15.9. The molecule has 0 aliphatic heterocycles. The number of para-hydroxylation sites is 1. The normalized spacial score (nSPS) is 12.0. The SMILES string of the molecule is C(=Nc1ccccc1)c1c[nH]c2c1ccc1c2ccc2cc[nH]c21. The van der Waals surface area contributed by atoms with Gasteiger partial charge in [0.25, 0.3) is 0 Å². The number of nitrogens with one attached hydrogen (secondary N) is 2. The van der Waals surface area contributed by atoms with Crippen molar-refractivity contribution in [3.8, 4) is 0 Å². The third-order valence-corrected chi connectivity index (χ3v) is 4.52. The highest BCUT2D eigenvalue weighted by Crippen LogP contribution is 2.31. The van der Waals surface area contributed by atoms with Gasteiger partial charge in [-0.2, -0.15) is 0 Å². The van der Waals surface area contributed by atoms with E-state index in [2.05, 4.69) is 45.3 Å². The molecular weight excluding hydrogens is 294 g/mol. The number of hydrogen-bond acceptors (Lipinski definition) is 1. The highest BCUT2D eigenvalue weighted by molar-refractivity contribution is 6.17. The van der Waals surface area contributed by atoms with E-state index >= 15 is 0 Å². The highest BCUT2D eigenvalue weighted by Gasteiger charge is 2.08. The van der Waals surface area contributed by atoms with Crippen molar-refractivity contribution in [2.24, 2.45) is 4.99 Å². The number of benzene rings is 3. The molecule has 24 heavy (non-hydrogen) atoms. The zero-order valence-electron chi connectivity index (χ0n) is 13.0. The second kappa shape index (κ2) is 5.10. The molecule has 0 radical (unpaired) electrons. The van der Waals surface area contributed by atoms with Gasteiger partial charge in [0.1, 0.15) is 0 Å². The summed E-state index contributed by atoms with van der Waals surface area (Å²) in [7, 11) is 0. The fourth-order valence-corrected chi connectivity index (χ4v) is 3.33. The fraction of sp³-hybridized carbons (Fsp3) is 0. The smallest absolute Gasteiger partial charge is 0.0629 e. The van der Waals surface area contributed by atoms with Crippen LogP contribution in [0.5, 0.6) is 0 Å². The first kappa shape index (κ1) is 13.1. The number of nitrogens with zero attached hydrogens (tertiary/aromatic N) is 1. The van der Waals surface area contributed by atoms with Crippen molar-refractivity contribution in [1.82, 2.24) is 9.97 Å². The summed E-state index contributed by atoms with van der Waals surface area (Å²) in [5.41, 5.74) is 4.39. The first-order valence-electron chi connectivity index (χ1n) is 7.99. The number of fused-ring (bicyclic) bond motifs is 5. The number of rotatable bonds is 2. The van der Waals surface area contributed by atoms with Crippen molar-refractivity contribution < 1.29 is 0 Å². The Kier molecular flexibility index (Phi) is 2.79. The lowest BCUT2D eigenvalue weighted by molar-refractivity contribution is 1.47. The molecule has 0 aliphatic rings. The van der Waals surface area contributed by atoms with Crippen LogP contribution in [0.1, 0.15) is 5.56 Å². The van der Waals surface area contributed by atoms with Crippen LogP contribution in [0.3, 0.4) is 0 Å². The van der Waals surface area contributed by atoms with Crippen LogP contribution in [-0.4, -0.2) is 16.2 Å². The molecule has 2 aromatic heterocycles. The van der Waals surface area contributed by atoms with E-state index in [1.807, 2.05) is 48.9 Å². The Morgan fingerprint density at radius 2 is 1.50 bits per heavy atom. The van der Waals surface area contributed by atoms with Crippen molar-refractivity contribution in [2.75, 3.05) is 0 Å². The molecule has 0 aliphatic carbocycles. The van der Waals surface area contributed by atoms with Crippen molar-refractivity contribution in [2.45, 2.75) is 0 Å². The monoisotopic (exact) mass is 309 g/mol. The van der Waals surface area contributed by atoms with Crippen LogP contribution in [0, 0.1) is 0 Å². The van der Waals surface area contributed by atoms with E-state index in [0.29, 0.717) is 0 Å². The molecule has 3 heteroatoms. The Labute approximate surface area is 138 Å². The van der Waals surface area contributed by atoms with E-state index in [-0.39, 0.29) is 0 Å². The van der Waals surface area contributed by atoms with Crippen molar-refractivity contribution >= 4 is 44.5 Å². The average molecular weight is 309 g/mol. The van der Waals surface area contributed by atoms with Crippen LogP contribution in [0.25, 0.3) is 32.6 Å². The second-order valence-electron chi connectivity index (χ2n) is 5.93. The lowest BCUT2D eigenvalue weighted by atomic mass is 10.0. The minimum absolute atomic E-state index is 0.959. The van der Waals surface area contributed by atoms with Crippen LogP contribution in [0.4, 0.5) is 5.69 Å². The molecule has 0 saturated heterocycles. The van der Waals surface area contributed by atoms with Gasteiger partial charge in [-0.05, 0) is 18.2 Å². The maximum Gasteiger partial charge on any atom is 0.0629 e. The second-order valence-corrected chi connectivity index (χ2v) is 5.93. The predicted octanol–water partition coefficient (Wildman–Crippen LogP) is 5.55. The van der Waals surface area contributed by atoms with Gasteiger partial charge in [0.05, 0.1) is 16.7 Å². The van der Waals surface area contributed by atoms with Crippen molar-refractivity contribution in [3.05, 3.63) is 78.6 Å². The van der Waals surface area contributed by atoms with Gasteiger partial charge >= 0.3 is 0 Å². The Hall–Kier alpha value is -3.33. The molecule has 0 unspecified atom stereocenters. The molecule has 0 amide bonds. The quantitative estimate of drug-likeness (QED) is 0.401. The van der Waals surface area contributed by atoms with Gasteiger partial charge in [0, 0.05) is 45.7 Å². The Morgan fingerprint density at radius 3 is 2.42 bits per heavy atom. The summed E-state index contributed by atoms with van der Waals surface area (Å²) in [5.74, 6) is 0. The molecular formula is C21H15N3. The molecule has 0 bridgehead atoms. The van der Waals surface area contributed by atoms with Gasteiger partial charge in [-0.15, -0.1) is 0 Å². The number of aromatic nitrogens is 2. The Morgan fingerprint density at radius 1 is 0.708 bits per heavy atom. The maximum atomic E-state index is 4.57. The first-order chi connectivity index (χ1) is 11.9. The van der Waals surface area contributed by atoms with Gasteiger partial charge < -0.3 is 9.97 Å². The Balaban J connectivity index is 1.69. The first-order valence-corrected chi connectivity index (χ1v) is 7.99. The summed E-state index contributed by atoms with van der Waals surface area (Å²) in [5, 5.41) is 4.88. The minimum Gasteiger partial charge on any atom is -0.361 e. The van der Waals surface area contributed by atoms with E-state index in [0.717, 1.165) is 16.8 Å². The van der Waals surface area contributed by atoms with E-state index in [4.69, 9.17) is 0 Å². The van der Waals surface area contributed by atoms with Crippen LogP contribution < -0.4 is 0 Å². The summed E-state index contributed by atoms with van der Waals surface area (Å²) < 4.78 is 0. The van der Waals surface area contributed by atoms with Crippen LogP contribution in [-0.2, 0) is 0 Å². The van der Waals surface area contributed by atoms with Gasteiger partial charge in [-0.25, -0.2) is 0 Å². The molecule has 3 nitrogen and oxygen atoms in total. The van der Waals surface area contributed by atoms with Gasteiger partial charge in [0.2, 0.25) is 0 Å². The number of hydrogen-bond donors (Lipinski definition) is 2. The van der Waals surface area contributed by atoms with Crippen LogP contribution in [0.2, 0.25) is 0 Å². The van der Waals surface area contributed by atoms with E-state index in [9.17, 15) is 0 Å². The molecule has 5 rings (SSSR count). The molecule has 2 heterocycles. The third-order valence-electron chi connectivity index (χ3n) is 4.52. The van der Waals surface area contributed by atoms with Gasteiger partial charge in [0.15, 0.2) is 0 Å². The lowest BCUT2D eigenvalue weighted by Crippen LogP contribution is -1.80. The van der Waals surface area contributed by atoms with E-state index in [1.165, 1.54) is 27.1 Å². The molecule has 114 valence electrons. The molecule has 3 aromatic carbocycles. The van der Waals surface area contributed by atoms with Crippen molar-refractivity contribution in [3.63, 3.8) is 0 Å². The van der Waals surface area contributed by atoms with E-state index in [1.54, 1.807) is 0 Å². The Bertz CT molecular complexity index is 1190. The largest absolute Gasteiger partial charge is 0.361 e. The summed E-state index contributed by atoms with van der Waals surface area (Å²) in [6, 6.07) is 20.8. The summed E-state index contributed by atoms with van der Waals surface area (Å²) in [4.78, 5) is 11.3. The third kappa shape index (κ3) is 1.95. The number of H-pyrrole nitrogens is 2. The van der Waals surface area contributed by atoms with Gasteiger partial charge in [-0.1, -0.05) is 42.5 Å². The van der Waals surface area contributed by atoms with Gasteiger partial charge in [-0.3, -0.25) is 4.99 Å². The summed E-state index contributed by atoms with van der Waals surface area (Å²) >= 11 is 0. The maximum absolute atomic E-state index is 4.57. The molecule has 5 aromatic rings. The number of aliphatic imine (C=N–C) groups is 1. The van der Waals surface area contributed by atoms with Crippen LogP contribution >= 0.6 is 0 Å². The highest BCUT2D eigenvalue weighted by atomic mass is 14.7. The zero-order valence-corrected chi connectivity index (χ0v) is 13.0. The molecule has 0 atom stereocenters. The molecule has 0 fully saturated rings. The molecule has 2 N–H and O–H groups in total. The lowest BCUT2D eigenvalue weighted by Gasteiger charge is -2.02. The van der Waals surface area contributed by atoms with Crippen molar-refractivity contribution in [1.29, 1.82) is 0 Å². The minimum atomic E-state index is 0.959. The molecule has 0 spiro atoms. The summed E-state index contributed by atoms with van der Waals surface area (Å²) in [6.07, 6.45) is 5.93. The fourth-order valence-electron chi connectivity index (χ4n) is 3.33. The topological polar surface area (TPSA) is 43.9 Å². The average Bonchev–Trinajstić information content (AvgIpc) is 3.27.